The predicted molar refractivity (Wildman–Crippen MR) is 160 cm³/mol. The van der Waals surface area contributed by atoms with E-state index in [9.17, 15) is 27.5 Å². The second-order valence-electron chi connectivity index (χ2n) is 12.6. The summed E-state index contributed by atoms with van der Waals surface area (Å²) in [5, 5.41) is 12.8. The Kier molecular flexibility index (Phi) is 6.18. The fourth-order valence-electron chi connectivity index (χ4n) is 7.78. The largest absolute Gasteiger partial charge is 0.508 e. The lowest BCUT2D eigenvalue weighted by Gasteiger charge is -2.46. The third-order valence-electron chi connectivity index (χ3n) is 9.93. The lowest BCUT2D eigenvalue weighted by atomic mass is 9.93. The first-order valence-corrected chi connectivity index (χ1v) is 15.4. The summed E-state index contributed by atoms with van der Waals surface area (Å²) < 4.78 is 98.7. The SMILES string of the molecule is [2H]C([2H])(Oc1nc(N2CC3CCC2CN3)c2cc(C(F)(F)F)n(-c3cc(O)cc4ccc(F)c(F)c34)c(=O)c2n1)C12CCCN1CCC2. The molecule has 0 radical (unpaired) electrons. The number of piperidine rings is 2. The van der Waals surface area contributed by atoms with Gasteiger partial charge in [0.2, 0.25) is 0 Å². The number of ether oxygens (including phenoxy) is 1. The topological polar surface area (TPSA) is 95.8 Å². The first-order valence-electron chi connectivity index (χ1n) is 16.4. The van der Waals surface area contributed by atoms with Gasteiger partial charge in [0.1, 0.15) is 29.3 Å². The van der Waals surface area contributed by atoms with Crippen LogP contribution >= 0.6 is 0 Å². The van der Waals surface area contributed by atoms with E-state index >= 15 is 4.39 Å². The number of rotatable bonds is 5. The van der Waals surface area contributed by atoms with Crippen molar-refractivity contribution in [3.63, 3.8) is 0 Å². The molecule has 9 rings (SSSR count). The monoisotopic (exact) mass is 644 g/mol. The molecule has 0 aliphatic carbocycles. The molecule has 7 heterocycles. The van der Waals surface area contributed by atoms with Gasteiger partial charge in [0, 0.05) is 36.6 Å². The highest BCUT2D eigenvalue weighted by atomic mass is 19.4. The van der Waals surface area contributed by atoms with Crippen molar-refractivity contribution < 1.29 is 34.5 Å². The van der Waals surface area contributed by atoms with Crippen LogP contribution in [0.3, 0.4) is 0 Å². The second-order valence-corrected chi connectivity index (χ2v) is 12.6. The fourth-order valence-corrected chi connectivity index (χ4v) is 7.78. The van der Waals surface area contributed by atoms with Crippen LogP contribution in [-0.4, -0.2) is 74.9 Å². The van der Waals surface area contributed by atoms with Crippen molar-refractivity contribution in [1.29, 1.82) is 0 Å². The van der Waals surface area contributed by atoms with Gasteiger partial charge in [0.15, 0.2) is 11.6 Å². The number of aromatic hydroxyl groups is 1. The third-order valence-corrected chi connectivity index (χ3v) is 9.93. The molecule has 14 heteroatoms. The Hall–Kier alpha value is -4.04. The van der Waals surface area contributed by atoms with E-state index in [0.717, 1.165) is 43.5 Å². The van der Waals surface area contributed by atoms with Crippen molar-refractivity contribution in [3.05, 3.63) is 58.0 Å². The minimum atomic E-state index is -5.19. The molecule has 5 fully saturated rings. The van der Waals surface area contributed by atoms with Gasteiger partial charge in [-0.15, -0.1) is 0 Å². The van der Waals surface area contributed by atoms with Crippen molar-refractivity contribution in [1.82, 2.24) is 24.8 Å². The molecule has 0 spiro atoms. The number of phenols is 1. The normalized spacial score (nSPS) is 23.6. The maximum atomic E-state index is 15.3. The number of anilines is 1. The number of aromatic nitrogens is 3. The Morgan fingerprint density at radius 1 is 1.11 bits per heavy atom. The van der Waals surface area contributed by atoms with Gasteiger partial charge in [0.25, 0.3) is 5.56 Å². The number of fused-ring (bicyclic) bond motifs is 6. The van der Waals surface area contributed by atoms with E-state index in [1.807, 2.05) is 4.90 Å². The van der Waals surface area contributed by atoms with Crippen LogP contribution < -0.4 is 20.5 Å². The summed E-state index contributed by atoms with van der Waals surface area (Å²) in [7, 11) is 0. The zero-order chi connectivity index (χ0) is 33.7. The third kappa shape index (κ3) is 4.59. The summed E-state index contributed by atoms with van der Waals surface area (Å²) in [6, 6.07) is 3.66. The van der Waals surface area contributed by atoms with E-state index in [-0.39, 0.29) is 33.2 Å². The highest BCUT2D eigenvalue weighted by Crippen LogP contribution is 2.41. The number of phenolic OH excluding ortho intramolecular Hbond substituents is 1. The van der Waals surface area contributed by atoms with Crippen LogP contribution in [-0.2, 0) is 6.18 Å². The van der Waals surface area contributed by atoms with Crippen molar-refractivity contribution in [2.75, 3.05) is 37.6 Å². The van der Waals surface area contributed by atoms with Crippen molar-refractivity contribution in [2.24, 2.45) is 0 Å². The van der Waals surface area contributed by atoms with Crippen molar-refractivity contribution >= 4 is 27.5 Å². The number of nitrogens with one attached hydrogen (secondary N) is 1. The Bertz CT molecular complexity index is 2020. The first-order chi connectivity index (χ1) is 22.8. The van der Waals surface area contributed by atoms with Gasteiger partial charge in [-0.1, -0.05) is 6.07 Å². The van der Waals surface area contributed by atoms with E-state index in [4.69, 9.17) is 7.48 Å². The number of benzene rings is 2. The van der Waals surface area contributed by atoms with Crippen molar-refractivity contribution in [3.8, 4) is 17.4 Å². The molecule has 5 saturated heterocycles. The summed E-state index contributed by atoms with van der Waals surface area (Å²) >= 11 is 0. The molecule has 2 N–H and O–H groups in total. The lowest BCUT2D eigenvalue weighted by Crippen LogP contribution is -2.61. The van der Waals surface area contributed by atoms with Gasteiger partial charge in [-0.25, -0.2) is 8.78 Å². The highest BCUT2D eigenvalue weighted by Gasteiger charge is 2.45. The van der Waals surface area contributed by atoms with Gasteiger partial charge < -0.3 is 20.1 Å². The van der Waals surface area contributed by atoms with E-state index in [1.165, 1.54) is 0 Å². The van der Waals surface area contributed by atoms with Crippen LogP contribution in [0.25, 0.3) is 27.4 Å². The average molecular weight is 645 g/mol. The van der Waals surface area contributed by atoms with Gasteiger partial charge in [-0.3, -0.25) is 14.3 Å². The Labute approximate surface area is 262 Å². The van der Waals surface area contributed by atoms with E-state index in [1.54, 1.807) is 4.90 Å². The zero-order valence-electron chi connectivity index (χ0n) is 26.5. The Morgan fingerprint density at radius 2 is 1.89 bits per heavy atom. The number of hydrogen-bond donors (Lipinski definition) is 2. The van der Waals surface area contributed by atoms with E-state index < -0.39 is 69.5 Å². The second kappa shape index (κ2) is 10.5. The molecule has 2 bridgehead atoms. The number of piperazine rings is 1. The predicted octanol–water partition coefficient (Wildman–Crippen LogP) is 4.88. The number of hydrogen-bond acceptors (Lipinski definition) is 8. The molecule has 5 aliphatic rings. The summed E-state index contributed by atoms with van der Waals surface area (Å²) in [6.07, 6.45) is -1.07. The molecule has 4 aromatic rings. The molecule has 9 nitrogen and oxygen atoms in total. The minimum Gasteiger partial charge on any atom is -0.508 e. The minimum absolute atomic E-state index is 0.0121. The molecule has 0 amide bonds. The van der Waals surface area contributed by atoms with Crippen LogP contribution in [0.1, 0.15) is 47.0 Å². The molecular weight excluding hydrogens is 611 g/mol. The molecule has 5 aliphatic heterocycles. The van der Waals surface area contributed by atoms with Crippen LogP contribution in [0.2, 0.25) is 0 Å². The van der Waals surface area contributed by atoms with E-state index in [0.29, 0.717) is 51.5 Å². The molecular formula is C32H31F5N6O3. The molecule has 2 unspecified atom stereocenters. The Balaban J connectivity index is 1.40. The average Bonchev–Trinajstić information content (AvgIpc) is 3.65. The zero-order valence-corrected chi connectivity index (χ0v) is 24.5. The molecule has 2 aromatic heterocycles. The van der Waals surface area contributed by atoms with Crippen LogP contribution in [0.15, 0.2) is 35.1 Å². The lowest BCUT2D eigenvalue weighted by molar-refractivity contribution is -0.142. The molecule has 46 heavy (non-hydrogen) atoms. The van der Waals surface area contributed by atoms with Crippen LogP contribution in [0, 0.1) is 11.6 Å². The summed E-state index contributed by atoms with van der Waals surface area (Å²) in [6.45, 7) is -0.0467. The van der Waals surface area contributed by atoms with Crippen molar-refractivity contribution in [2.45, 2.75) is 62.3 Å². The van der Waals surface area contributed by atoms with Gasteiger partial charge in [0.05, 0.1) is 19.4 Å². The highest BCUT2D eigenvalue weighted by molar-refractivity contribution is 5.94. The maximum absolute atomic E-state index is 15.3. The quantitative estimate of drug-likeness (QED) is 0.297. The maximum Gasteiger partial charge on any atom is 0.431 e. The summed E-state index contributed by atoms with van der Waals surface area (Å²) in [5.74, 6) is -3.46. The first kappa shape index (κ1) is 27.1. The standard InChI is InChI=1S/C32H31F5N6O3/c33-22-6-3-17-11-20(44)12-23(25(17)26(22)34)43-24(32(35,36)37)13-21-27(29(43)45)39-30(46-16-31-7-1-9-41(31)10-2-8-31)40-28(21)42-15-18-4-5-19(42)14-38-18/h3,6,11-13,18-19,38,44H,1-2,4-5,7-10,14-16H2/i16D2. The molecule has 0 saturated carbocycles. The summed E-state index contributed by atoms with van der Waals surface area (Å²) in [5.41, 5.74) is -5.11. The molecule has 2 aromatic carbocycles. The Morgan fingerprint density at radius 3 is 2.57 bits per heavy atom. The number of pyridine rings is 1. The van der Waals surface area contributed by atoms with Gasteiger partial charge in [-0.2, -0.15) is 23.1 Å². The van der Waals surface area contributed by atoms with Crippen LogP contribution in [0.4, 0.5) is 27.8 Å². The number of nitrogens with zero attached hydrogens (tertiary/aromatic N) is 5. The van der Waals surface area contributed by atoms with Crippen LogP contribution in [0.5, 0.6) is 11.8 Å². The summed E-state index contributed by atoms with van der Waals surface area (Å²) in [4.78, 5) is 27.0. The number of halogens is 5. The molecule has 242 valence electrons. The molecule has 2 atom stereocenters. The van der Waals surface area contributed by atoms with Gasteiger partial charge >= 0.3 is 12.2 Å². The number of alkyl halides is 3. The van der Waals surface area contributed by atoms with Gasteiger partial charge in [-0.05, 0) is 75.2 Å². The fraction of sp³-hybridized carbons (Fsp3) is 0.469. The smallest absolute Gasteiger partial charge is 0.431 e. The van der Waals surface area contributed by atoms with E-state index in [2.05, 4.69) is 15.3 Å².